The van der Waals surface area contributed by atoms with Crippen LogP contribution < -0.4 is 0 Å². The highest BCUT2D eigenvalue weighted by Crippen LogP contribution is 2.42. The van der Waals surface area contributed by atoms with E-state index in [1.54, 1.807) is 6.39 Å². The molecule has 2 heterocycles. The molecule has 0 spiro atoms. The standard InChI is InChI=1S/C15H20N4O/c1-15(6-2-3-7-15)13-9-19(18-17-13)8-12-14(11-4-5-11)20-10-16-12/h9-11H,2-8H2,1H3. The summed E-state index contributed by atoms with van der Waals surface area (Å²) in [6.07, 6.45) is 11.2. The second-order valence-corrected chi connectivity index (χ2v) is 6.51. The molecule has 5 heteroatoms. The minimum absolute atomic E-state index is 0.224. The van der Waals surface area contributed by atoms with Crippen molar-refractivity contribution in [3.05, 3.63) is 29.7 Å². The molecular weight excluding hydrogens is 252 g/mol. The highest BCUT2D eigenvalue weighted by molar-refractivity contribution is 5.18. The summed E-state index contributed by atoms with van der Waals surface area (Å²) < 4.78 is 7.42. The van der Waals surface area contributed by atoms with E-state index in [1.807, 2.05) is 4.68 Å². The van der Waals surface area contributed by atoms with Gasteiger partial charge in [0, 0.05) is 17.5 Å². The lowest BCUT2D eigenvalue weighted by Gasteiger charge is -2.19. The van der Waals surface area contributed by atoms with Gasteiger partial charge in [0.2, 0.25) is 0 Å². The molecule has 0 bridgehead atoms. The van der Waals surface area contributed by atoms with Gasteiger partial charge < -0.3 is 4.42 Å². The Morgan fingerprint density at radius 2 is 2.15 bits per heavy atom. The summed E-state index contributed by atoms with van der Waals surface area (Å²) in [6.45, 7) is 2.98. The number of rotatable bonds is 4. The molecule has 0 amide bonds. The van der Waals surface area contributed by atoms with E-state index in [0.717, 1.165) is 17.1 Å². The predicted molar refractivity (Wildman–Crippen MR) is 73.4 cm³/mol. The van der Waals surface area contributed by atoms with Crippen LogP contribution in [0.2, 0.25) is 0 Å². The lowest BCUT2D eigenvalue weighted by Crippen LogP contribution is -2.17. The number of hydrogen-bond donors (Lipinski definition) is 0. The quantitative estimate of drug-likeness (QED) is 0.858. The third-order valence-corrected chi connectivity index (χ3v) is 4.80. The smallest absolute Gasteiger partial charge is 0.181 e. The Balaban J connectivity index is 1.54. The van der Waals surface area contributed by atoms with Crippen LogP contribution in [0.25, 0.3) is 0 Å². The van der Waals surface area contributed by atoms with E-state index in [0.29, 0.717) is 12.5 Å². The van der Waals surface area contributed by atoms with Gasteiger partial charge in [-0.25, -0.2) is 9.67 Å². The van der Waals surface area contributed by atoms with E-state index in [4.69, 9.17) is 4.42 Å². The maximum absolute atomic E-state index is 5.51. The Morgan fingerprint density at radius 1 is 1.35 bits per heavy atom. The zero-order valence-electron chi connectivity index (χ0n) is 11.9. The summed E-state index contributed by atoms with van der Waals surface area (Å²) in [5, 5.41) is 8.68. The van der Waals surface area contributed by atoms with Gasteiger partial charge in [-0.15, -0.1) is 5.10 Å². The van der Waals surface area contributed by atoms with Crippen LogP contribution in [0.15, 0.2) is 17.0 Å². The minimum atomic E-state index is 0.224. The third-order valence-electron chi connectivity index (χ3n) is 4.80. The molecule has 2 aliphatic rings. The zero-order valence-corrected chi connectivity index (χ0v) is 11.9. The Bertz CT molecular complexity index is 605. The first-order valence-electron chi connectivity index (χ1n) is 7.57. The molecule has 0 atom stereocenters. The molecule has 0 aliphatic heterocycles. The number of nitrogens with zero attached hydrogens (tertiary/aromatic N) is 4. The summed E-state index contributed by atoms with van der Waals surface area (Å²) in [7, 11) is 0. The molecule has 0 saturated heterocycles. The van der Waals surface area contributed by atoms with Crippen LogP contribution in [-0.2, 0) is 12.0 Å². The largest absolute Gasteiger partial charge is 0.448 e. The van der Waals surface area contributed by atoms with Crippen molar-refractivity contribution in [3.8, 4) is 0 Å². The van der Waals surface area contributed by atoms with Gasteiger partial charge in [0.25, 0.3) is 0 Å². The molecule has 0 aromatic carbocycles. The molecule has 106 valence electrons. The molecule has 4 rings (SSSR count). The fourth-order valence-electron chi connectivity index (χ4n) is 3.29. The fourth-order valence-corrected chi connectivity index (χ4v) is 3.29. The Labute approximate surface area is 118 Å². The molecule has 0 radical (unpaired) electrons. The third kappa shape index (κ3) is 2.05. The van der Waals surface area contributed by atoms with E-state index in [1.165, 1.54) is 38.5 Å². The van der Waals surface area contributed by atoms with Crippen LogP contribution >= 0.6 is 0 Å². The Hall–Kier alpha value is -1.65. The van der Waals surface area contributed by atoms with E-state index in [9.17, 15) is 0 Å². The van der Waals surface area contributed by atoms with Crippen LogP contribution in [0.1, 0.15) is 68.5 Å². The lowest BCUT2D eigenvalue weighted by molar-refractivity contribution is 0.475. The van der Waals surface area contributed by atoms with Crippen molar-refractivity contribution in [1.29, 1.82) is 0 Å². The molecule has 2 aliphatic carbocycles. The highest BCUT2D eigenvalue weighted by Gasteiger charge is 2.34. The average Bonchev–Trinajstić information content (AvgIpc) is 2.87. The van der Waals surface area contributed by atoms with Crippen molar-refractivity contribution in [2.75, 3.05) is 0 Å². The SMILES string of the molecule is CC1(c2cn(Cc3ncoc3C3CC3)nn2)CCCC1. The van der Waals surface area contributed by atoms with Crippen molar-refractivity contribution in [2.45, 2.75) is 63.3 Å². The molecule has 0 unspecified atom stereocenters. The van der Waals surface area contributed by atoms with E-state index in [2.05, 4.69) is 28.4 Å². The monoisotopic (exact) mass is 272 g/mol. The number of oxazole rings is 1. The summed E-state index contributed by atoms with van der Waals surface area (Å²) in [6, 6.07) is 0. The van der Waals surface area contributed by atoms with Crippen molar-refractivity contribution in [2.24, 2.45) is 0 Å². The highest BCUT2D eigenvalue weighted by atomic mass is 16.3. The summed E-state index contributed by atoms with van der Waals surface area (Å²) in [5.74, 6) is 1.64. The maximum atomic E-state index is 5.51. The molecule has 2 aromatic heterocycles. The van der Waals surface area contributed by atoms with Crippen molar-refractivity contribution in [3.63, 3.8) is 0 Å². The topological polar surface area (TPSA) is 56.7 Å². The molecular formula is C15H20N4O. The zero-order chi connectivity index (χ0) is 13.6. The second kappa shape index (κ2) is 4.43. The fraction of sp³-hybridized carbons (Fsp3) is 0.667. The average molecular weight is 272 g/mol. The van der Waals surface area contributed by atoms with Crippen molar-refractivity contribution >= 4 is 0 Å². The van der Waals surface area contributed by atoms with Crippen LogP contribution in [0.5, 0.6) is 0 Å². The molecule has 5 nitrogen and oxygen atoms in total. The normalized spacial score (nSPS) is 21.4. The summed E-state index contributed by atoms with van der Waals surface area (Å²) in [4.78, 5) is 4.34. The first kappa shape index (κ1) is 12.1. The predicted octanol–water partition coefficient (Wildman–Crippen LogP) is 3.02. The van der Waals surface area contributed by atoms with E-state index >= 15 is 0 Å². The number of hydrogen-bond acceptors (Lipinski definition) is 4. The van der Waals surface area contributed by atoms with Crippen LogP contribution in [0.3, 0.4) is 0 Å². The van der Waals surface area contributed by atoms with Gasteiger partial charge in [0.1, 0.15) is 11.5 Å². The molecule has 20 heavy (non-hydrogen) atoms. The van der Waals surface area contributed by atoms with Gasteiger partial charge in [0.05, 0.1) is 12.2 Å². The maximum Gasteiger partial charge on any atom is 0.181 e. The molecule has 2 saturated carbocycles. The van der Waals surface area contributed by atoms with Gasteiger partial charge >= 0.3 is 0 Å². The number of aromatic nitrogens is 4. The molecule has 2 fully saturated rings. The Morgan fingerprint density at radius 3 is 2.90 bits per heavy atom. The second-order valence-electron chi connectivity index (χ2n) is 6.51. The summed E-state index contributed by atoms with van der Waals surface area (Å²) >= 11 is 0. The first-order chi connectivity index (χ1) is 9.74. The van der Waals surface area contributed by atoms with Gasteiger partial charge in [0.15, 0.2) is 6.39 Å². The van der Waals surface area contributed by atoms with Gasteiger partial charge in [-0.05, 0) is 25.7 Å². The molecule has 0 N–H and O–H groups in total. The van der Waals surface area contributed by atoms with E-state index < -0.39 is 0 Å². The van der Waals surface area contributed by atoms with Gasteiger partial charge in [-0.3, -0.25) is 0 Å². The lowest BCUT2D eigenvalue weighted by atomic mass is 9.86. The summed E-state index contributed by atoms with van der Waals surface area (Å²) in [5.41, 5.74) is 2.37. The van der Waals surface area contributed by atoms with Crippen LogP contribution in [-0.4, -0.2) is 20.0 Å². The van der Waals surface area contributed by atoms with Crippen molar-refractivity contribution in [1.82, 2.24) is 20.0 Å². The Kier molecular flexibility index (Phi) is 2.69. The van der Waals surface area contributed by atoms with Gasteiger partial charge in [-0.1, -0.05) is 25.0 Å². The van der Waals surface area contributed by atoms with Crippen molar-refractivity contribution < 1.29 is 4.42 Å². The van der Waals surface area contributed by atoms with Crippen LogP contribution in [0.4, 0.5) is 0 Å². The van der Waals surface area contributed by atoms with Gasteiger partial charge in [-0.2, -0.15) is 0 Å². The van der Waals surface area contributed by atoms with Crippen LogP contribution in [0, 0.1) is 0 Å². The molecule has 2 aromatic rings. The van der Waals surface area contributed by atoms with E-state index in [-0.39, 0.29) is 5.41 Å². The first-order valence-corrected chi connectivity index (χ1v) is 7.57. The minimum Gasteiger partial charge on any atom is -0.448 e.